The number of hydrogen-bond acceptors (Lipinski definition) is 2. The summed E-state index contributed by atoms with van der Waals surface area (Å²) in [5.74, 6) is 0.480. The van der Waals surface area contributed by atoms with Crippen LogP contribution in [0.25, 0.3) is 0 Å². The van der Waals surface area contributed by atoms with Crippen LogP contribution in [0, 0.1) is 6.92 Å². The quantitative estimate of drug-likeness (QED) is 0.834. The van der Waals surface area contributed by atoms with Gasteiger partial charge in [0.15, 0.2) is 0 Å². The van der Waals surface area contributed by atoms with Crippen molar-refractivity contribution in [2.45, 2.75) is 51.3 Å². The number of hydrogen-bond donors (Lipinski definition) is 1. The summed E-state index contributed by atoms with van der Waals surface area (Å²) < 4.78 is 28.3. The maximum Gasteiger partial charge on any atom is 0.261 e. The molecule has 23 heavy (non-hydrogen) atoms. The van der Waals surface area contributed by atoms with Crippen molar-refractivity contribution in [2.75, 3.05) is 4.72 Å². The predicted molar refractivity (Wildman–Crippen MR) is 96.6 cm³/mol. The Morgan fingerprint density at radius 3 is 1.74 bits per heavy atom. The summed E-state index contributed by atoms with van der Waals surface area (Å²) in [5, 5.41) is 0. The number of rotatable bonds is 5. The van der Waals surface area contributed by atoms with Crippen molar-refractivity contribution in [3.05, 3.63) is 59.2 Å². The molecule has 0 unspecified atom stereocenters. The summed E-state index contributed by atoms with van der Waals surface area (Å²) >= 11 is 0. The van der Waals surface area contributed by atoms with Gasteiger partial charge in [-0.25, -0.2) is 8.42 Å². The smallest absolute Gasteiger partial charge is 0.261 e. The van der Waals surface area contributed by atoms with E-state index in [0.29, 0.717) is 0 Å². The fourth-order valence-electron chi connectivity index (χ4n) is 2.58. The molecule has 124 valence electrons. The molecule has 0 aliphatic heterocycles. The molecular formula is C19H25NO2S. The van der Waals surface area contributed by atoms with Gasteiger partial charge in [-0.15, -0.1) is 0 Å². The van der Waals surface area contributed by atoms with Crippen molar-refractivity contribution in [2.24, 2.45) is 0 Å². The lowest BCUT2D eigenvalue weighted by Gasteiger charge is -2.20. The number of benzene rings is 2. The second-order valence-corrected chi connectivity index (χ2v) is 8.22. The highest BCUT2D eigenvalue weighted by Crippen LogP contribution is 2.33. The van der Waals surface area contributed by atoms with Crippen LogP contribution < -0.4 is 4.72 Å². The molecule has 0 radical (unpaired) electrons. The van der Waals surface area contributed by atoms with E-state index >= 15 is 0 Å². The Balaban J connectivity index is 2.52. The maximum absolute atomic E-state index is 12.8. The van der Waals surface area contributed by atoms with Crippen LogP contribution >= 0.6 is 0 Å². The molecule has 0 saturated heterocycles. The van der Waals surface area contributed by atoms with E-state index in [1.54, 1.807) is 12.1 Å². The van der Waals surface area contributed by atoms with Gasteiger partial charge in [-0.1, -0.05) is 63.6 Å². The van der Waals surface area contributed by atoms with Crippen molar-refractivity contribution in [3.8, 4) is 0 Å². The fraction of sp³-hybridized carbons (Fsp3) is 0.368. The van der Waals surface area contributed by atoms with Crippen molar-refractivity contribution in [1.29, 1.82) is 0 Å². The van der Waals surface area contributed by atoms with E-state index in [2.05, 4.69) is 32.4 Å². The molecule has 0 amide bonds. The van der Waals surface area contributed by atoms with E-state index in [1.807, 2.05) is 37.3 Å². The summed E-state index contributed by atoms with van der Waals surface area (Å²) in [6.07, 6.45) is 0. The molecule has 0 aliphatic rings. The second-order valence-electron chi connectivity index (χ2n) is 6.54. The molecule has 2 aromatic rings. The predicted octanol–water partition coefficient (Wildman–Crippen LogP) is 5.04. The Hall–Kier alpha value is -1.81. The molecule has 0 heterocycles. The molecular weight excluding hydrogens is 306 g/mol. The molecule has 2 aromatic carbocycles. The number of anilines is 1. The first kappa shape index (κ1) is 17.5. The topological polar surface area (TPSA) is 46.2 Å². The summed E-state index contributed by atoms with van der Waals surface area (Å²) in [5.41, 5.74) is 3.80. The zero-order chi connectivity index (χ0) is 17.2. The molecule has 0 bridgehead atoms. The minimum Gasteiger partial charge on any atom is -0.279 e. The highest BCUT2D eigenvalue weighted by atomic mass is 32.2. The van der Waals surface area contributed by atoms with Crippen LogP contribution in [-0.2, 0) is 10.0 Å². The summed E-state index contributed by atoms with van der Waals surface area (Å²) in [4.78, 5) is 0.288. The van der Waals surface area contributed by atoms with E-state index in [0.717, 1.165) is 22.4 Å². The number of nitrogens with one attached hydrogen (secondary N) is 1. The lowest BCUT2D eigenvalue weighted by atomic mass is 9.93. The van der Waals surface area contributed by atoms with Crippen LogP contribution in [0.4, 0.5) is 5.69 Å². The van der Waals surface area contributed by atoms with Crippen molar-refractivity contribution in [3.63, 3.8) is 0 Å². The molecule has 2 rings (SSSR count). The van der Waals surface area contributed by atoms with Gasteiger partial charge in [0.05, 0.1) is 10.6 Å². The third-order valence-electron chi connectivity index (χ3n) is 3.94. The van der Waals surface area contributed by atoms with E-state index in [1.165, 1.54) is 0 Å². The van der Waals surface area contributed by atoms with Gasteiger partial charge < -0.3 is 0 Å². The van der Waals surface area contributed by atoms with Crippen LogP contribution in [0.15, 0.2) is 47.4 Å². The molecule has 3 nitrogen and oxygen atoms in total. The molecule has 4 heteroatoms. The Labute approximate surface area is 139 Å². The standard InChI is InChI=1S/C19H25NO2S/c1-13(2)17-7-6-8-18(14(3)4)19(17)20-23(21,22)16-11-9-15(5)10-12-16/h6-14,20H,1-5H3. The van der Waals surface area contributed by atoms with Gasteiger partial charge in [0.2, 0.25) is 0 Å². The third-order valence-corrected chi connectivity index (χ3v) is 5.31. The average molecular weight is 331 g/mol. The Kier molecular flexibility index (Phi) is 5.15. The summed E-state index contributed by atoms with van der Waals surface area (Å²) in [7, 11) is -3.59. The van der Waals surface area contributed by atoms with Crippen LogP contribution in [-0.4, -0.2) is 8.42 Å². The zero-order valence-electron chi connectivity index (χ0n) is 14.4. The van der Waals surface area contributed by atoms with E-state index < -0.39 is 10.0 Å². The monoisotopic (exact) mass is 331 g/mol. The maximum atomic E-state index is 12.8. The number of para-hydroxylation sites is 1. The molecule has 0 aliphatic carbocycles. The molecule has 0 atom stereocenters. The van der Waals surface area contributed by atoms with Gasteiger partial charge in [0, 0.05) is 0 Å². The van der Waals surface area contributed by atoms with E-state index in [9.17, 15) is 8.42 Å². The Bertz CT molecular complexity index is 749. The van der Waals surface area contributed by atoms with Crippen LogP contribution in [0.2, 0.25) is 0 Å². The molecule has 0 aromatic heterocycles. The fourth-order valence-corrected chi connectivity index (χ4v) is 3.70. The normalized spacial score (nSPS) is 12.0. The Morgan fingerprint density at radius 2 is 1.30 bits per heavy atom. The lowest BCUT2D eigenvalue weighted by Crippen LogP contribution is -2.16. The number of sulfonamides is 1. The first-order chi connectivity index (χ1) is 10.7. The lowest BCUT2D eigenvalue weighted by molar-refractivity contribution is 0.601. The molecule has 0 fully saturated rings. The highest BCUT2D eigenvalue weighted by molar-refractivity contribution is 7.92. The van der Waals surface area contributed by atoms with Crippen molar-refractivity contribution >= 4 is 15.7 Å². The first-order valence-electron chi connectivity index (χ1n) is 7.94. The highest BCUT2D eigenvalue weighted by Gasteiger charge is 2.20. The minimum atomic E-state index is -3.59. The van der Waals surface area contributed by atoms with Gasteiger partial charge >= 0.3 is 0 Å². The van der Waals surface area contributed by atoms with Crippen LogP contribution in [0.3, 0.4) is 0 Å². The van der Waals surface area contributed by atoms with Crippen LogP contribution in [0.5, 0.6) is 0 Å². The average Bonchev–Trinajstić information content (AvgIpc) is 2.47. The van der Waals surface area contributed by atoms with E-state index in [-0.39, 0.29) is 16.7 Å². The summed E-state index contributed by atoms with van der Waals surface area (Å²) in [6.45, 7) is 10.2. The molecule has 0 saturated carbocycles. The van der Waals surface area contributed by atoms with Gasteiger partial charge in [-0.3, -0.25) is 4.72 Å². The van der Waals surface area contributed by atoms with E-state index in [4.69, 9.17) is 0 Å². The van der Waals surface area contributed by atoms with Crippen LogP contribution in [0.1, 0.15) is 56.2 Å². The summed E-state index contributed by atoms with van der Waals surface area (Å²) in [6, 6.07) is 12.9. The largest absolute Gasteiger partial charge is 0.279 e. The minimum absolute atomic E-state index is 0.240. The third kappa shape index (κ3) is 3.94. The van der Waals surface area contributed by atoms with Gasteiger partial charge in [0.25, 0.3) is 10.0 Å². The zero-order valence-corrected chi connectivity index (χ0v) is 15.2. The van der Waals surface area contributed by atoms with Crippen molar-refractivity contribution in [1.82, 2.24) is 0 Å². The Morgan fingerprint density at radius 1 is 0.826 bits per heavy atom. The number of aryl methyl sites for hydroxylation is 1. The van der Waals surface area contributed by atoms with Gasteiger partial charge in [-0.2, -0.15) is 0 Å². The second kappa shape index (κ2) is 6.75. The first-order valence-corrected chi connectivity index (χ1v) is 9.43. The van der Waals surface area contributed by atoms with Gasteiger partial charge in [0.1, 0.15) is 0 Å². The SMILES string of the molecule is Cc1ccc(S(=O)(=O)Nc2c(C(C)C)cccc2C(C)C)cc1. The van der Waals surface area contributed by atoms with Crippen molar-refractivity contribution < 1.29 is 8.42 Å². The molecule has 0 spiro atoms. The molecule has 1 N–H and O–H groups in total. The van der Waals surface area contributed by atoms with Gasteiger partial charge in [-0.05, 0) is 42.0 Å².